The Labute approximate surface area is 196 Å². The Balaban J connectivity index is 1.53. The lowest BCUT2D eigenvalue weighted by atomic mass is 10.0. The fourth-order valence-electron chi connectivity index (χ4n) is 3.91. The van der Waals surface area contributed by atoms with Crippen LogP contribution in [-0.4, -0.2) is 47.0 Å². The first-order valence-corrected chi connectivity index (χ1v) is 11.5. The zero-order chi connectivity index (χ0) is 22.0. The van der Waals surface area contributed by atoms with Crippen molar-refractivity contribution in [3.8, 4) is 0 Å². The third-order valence-electron chi connectivity index (χ3n) is 5.59. The van der Waals surface area contributed by atoms with Gasteiger partial charge in [-0.1, -0.05) is 45.7 Å². The summed E-state index contributed by atoms with van der Waals surface area (Å²) in [7, 11) is 0. The first kappa shape index (κ1) is 21.8. The highest BCUT2D eigenvalue weighted by Gasteiger charge is 2.25. The number of benzene rings is 2. The Morgan fingerprint density at radius 3 is 2.35 bits per heavy atom. The summed E-state index contributed by atoms with van der Waals surface area (Å²) in [6.07, 6.45) is 0.680. The zero-order valence-electron chi connectivity index (χ0n) is 17.6. The van der Waals surface area contributed by atoms with E-state index in [1.54, 1.807) is 0 Å². The lowest BCUT2D eigenvalue weighted by Gasteiger charge is -2.36. The largest absolute Gasteiger partial charge is 0.353 e. The van der Waals surface area contributed by atoms with Crippen LogP contribution in [-0.2, 0) is 6.42 Å². The maximum absolute atomic E-state index is 12.9. The fourth-order valence-corrected chi connectivity index (χ4v) is 4.38. The number of hydrogen-bond donors (Lipinski definition) is 0. The second-order valence-electron chi connectivity index (χ2n) is 7.71. The van der Waals surface area contributed by atoms with Gasteiger partial charge in [0, 0.05) is 58.9 Å². The Bertz CT molecular complexity index is 1100. The molecule has 0 aliphatic carbocycles. The van der Waals surface area contributed by atoms with Crippen LogP contribution < -0.4 is 4.90 Å². The van der Waals surface area contributed by atoms with Gasteiger partial charge < -0.3 is 9.80 Å². The lowest BCUT2D eigenvalue weighted by Crippen LogP contribution is -2.49. The number of carbonyl (C=O) groups is 1. The molecule has 4 rings (SSSR count). The molecule has 0 saturated carbocycles. The molecule has 160 valence electrons. The van der Waals surface area contributed by atoms with Crippen molar-refractivity contribution in [2.45, 2.75) is 20.3 Å². The molecule has 1 aliphatic rings. The molecule has 2 heterocycles. The van der Waals surface area contributed by atoms with Crippen LogP contribution in [0.5, 0.6) is 0 Å². The molecular formula is C24H24BrClN4O. The van der Waals surface area contributed by atoms with Crippen LogP contribution in [0.4, 0.5) is 5.82 Å². The van der Waals surface area contributed by atoms with E-state index in [0.29, 0.717) is 25.1 Å². The summed E-state index contributed by atoms with van der Waals surface area (Å²) >= 11 is 9.84. The van der Waals surface area contributed by atoms with E-state index in [1.807, 2.05) is 67.3 Å². The van der Waals surface area contributed by atoms with E-state index in [1.165, 1.54) is 0 Å². The maximum atomic E-state index is 12.9. The SMILES string of the molecule is Cc1nc(C)c(Cc2ccccc2Cl)c(N2CCN(C(=O)c3ccc(Br)cc3)CC2)n1. The molecule has 0 unspecified atom stereocenters. The quantitative estimate of drug-likeness (QED) is 0.503. The predicted octanol–water partition coefficient (Wildman–Crippen LogP) is 5.06. The number of amides is 1. The summed E-state index contributed by atoms with van der Waals surface area (Å²) in [5, 5.41) is 0.748. The topological polar surface area (TPSA) is 49.3 Å². The third kappa shape index (κ3) is 4.91. The minimum atomic E-state index is 0.0680. The first-order valence-electron chi connectivity index (χ1n) is 10.3. The molecule has 31 heavy (non-hydrogen) atoms. The van der Waals surface area contributed by atoms with Gasteiger partial charge in [0.25, 0.3) is 5.91 Å². The number of aromatic nitrogens is 2. The lowest BCUT2D eigenvalue weighted by molar-refractivity contribution is 0.0746. The Hall–Kier alpha value is -2.44. The molecule has 0 atom stereocenters. The van der Waals surface area contributed by atoms with E-state index in [9.17, 15) is 4.79 Å². The summed E-state index contributed by atoms with van der Waals surface area (Å²) in [6.45, 7) is 6.72. The molecule has 1 aliphatic heterocycles. The van der Waals surface area contributed by atoms with E-state index in [0.717, 1.165) is 51.0 Å². The van der Waals surface area contributed by atoms with Crippen molar-refractivity contribution >= 4 is 39.3 Å². The van der Waals surface area contributed by atoms with Crippen molar-refractivity contribution in [3.63, 3.8) is 0 Å². The molecule has 7 heteroatoms. The van der Waals surface area contributed by atoms with Gasteiger partial charge in [0.15, 0.2) is 0 Å². The highest BCUT2D eigenvalue weighted by Crippen LogP contribution is 2.28. The van der Waals surface area contributed by atoms with Crippen molar-refractivity contribution in [1.29, 1.82) is 0 Å². The standard InChI is InChI=1S/C24H24BrClN4O/c1-16-21(15-19-5-3-4-6-22(19)26)23(28-17(2)27-16)29-11-13-30(14-12-29)24(31)18-7-9-20(25)10-8-18/h3-10H,11-15H2,1-2H3. The van der Waals surface area contributed by atoms with Crippen molar-refractivity contribution in [2.24, 2.45) is 0 Å². The van der Waals surface area contributed by atoms with Gasteiger partial charge in [0.05, 0.1) is 0 Å². The van der Waals surface area contributed by atoms with Gasteiger partial charge in [0.1, 0.15) is 11.6 Å². The number of nitrogens with zero attached hydrogens (tertiary/aromatic N) is 4. The molecule has 0 radical (unpaired) electrons. The Morgan fingerprint density at radius 1 is 1.00 bits per heavy atom. The second kappa shape index (κ2) is 9.37. The number of hydrogen-bond acceptors (Lipinski definition) is 4. The fraction of sp³-hybridized carbons (Fsp3) is 0.292. The van der Waals surface area contributed by atoms with E-state index >= 15 is 0 Å². The molecule has 2 aromatic carbocycles. The molecule has 0 bridgehead atoms. The van der Waals surface area contributed by atoms with Crippen LogP contribution in [0.25, 0.3) is 0 Å². The van der Waals surface area contributed by atoms with E-state index in [2.05, 4.69) is 25.8 Å². The van der Waals surface area contributed by atoms with Crippen molar-refractivity contribution in [2.75, 3.05) is 31.1 Å². The molecule has 5 nitrogen and oxygen atoms in total. The monoisotopic (exact) mass is 498 g/mol. The summed E-state index contributed by atoms with van der Waals surface area (Å²) in [6, 6.07) is 15.4. The summed E-state index contributed by atoms with van der Waals surface area (Å²) in [5.74, 6) is 1.77. The highest BCUT2D eigenvalue weighted by molar-refractivity contribution is 9.10. The number of aryl methyl sites for hydroxylation is 2. The van der Waals surface area contributed by atoms with Crippen molar-refractivity contribution in [3.05, 3.63) is 86.2 Å². The van der Waals surface area contributed by atoms with Crippen LogP contribution in [0.1, 0.15) is 33.0 Å². The second-order valence-corrected chi connectivity index (χ2v) is 9.04. The number of rotatable bonds is 4. The molecule has 1 saturated heterocycles. The molecule has 0 spiro atoms. The molecule has 0 N–H and O–H groups in total. The van der Waals surface area contributed by atoms with Gasteiger partial charge in [-0.25, -0.2) is 9.97 Å². The van der Waals surface area contributed by atoms with Gasteiger partial charge in [-0.3, -0.25) is 4.79 Å². The normalized spacial score (nSPS) is 14.1. The number of carbonyl (C=O) groups excluding carboxylic acids is 1. The van der Waals surface area contributed by atoms with Gasteiger partial charge >= 0.3 is 0 Å². The summed E-state index contributed by atoms with van der Waals surface area (Å²) in [5.41, 5.74) is 3.83. The average molecular weight is 500 g/mol. The molecular weight excluding hydrogens is 476 g/mol. The smallest absolute Gasteiger partial charge is 0.253 e. The van der Waals surface area contributed by atoms with Crippen LogP contribution in [0.2, 0.25) is 5.02 Å². The van der Waals surface area contributed by atoms with Crippen LogP contribution >= 0.6 is 27.5 Å². The van der Waals surface area contributed by atoms with Crippen LogP contribution in [0.3, 0.4) is 0 Å². The van der Waals surface area contributed by atoms with Crippen molar-refractivity contribution < 1.29 is 4.79 Å². The zero-order valence-corrected chi connectivity index (χ0v) is 19.9. The molecule has 3 aromatic rings. The number of halogens is 2. The molecule has 1 amide bonds. The molecule has 1 aromatic heterocycles. The highest BCUT2D eigenvalue weighted by atomic mass is 79.9. The Morgan fingerprint density at radius 2 is 1.68 bits per heavy atom. The van der Waals surface area contributed by atoms with Gasteiger partial charge in [-0.2, -0.15) is 0 Å². The van der Waals surface area contributed by atoms with Gasteiger partial charge in [-0.15, -0.1) is 0 Å². The first-order chi connectivity index (χ1) is 14.9. The van der Waals surface area contributed by atoms with Gasteiger partial charge in [-0.05, 0) is 49.7 Å². The Kier molecular flexibility index (Phi) is 6.58. The number of anilines is 1. The number of piperazine rings is 1. The predicted molar refractivity (Wildman–Crippen MR) is 128 cm³/mol. The minimum Gasteiger partial charge on any atom is -0.353 e. The van der Waals surface area contributed by atoms with E-state index in [4.69, 9.17) is 16.6 Å². The van der Waals surface area contributed by atoms with Crippen LogP contribution in [0, 0.1) is 13.8 Å². The molecule has 1 fully saturated rings. The van der Waals surface area contributed by atoms with Crippen molar-refractivity contribution in [1.82, 2.24) is 14.9 Å². The summed E-state index contributed by atoms with van der Waals surface area (Å²) < 4.78 is 0.967. The van der Waals surface area contributed by atoms with Crippen LogP contribution in [0.15, 0.2) is 53.0 Å². The average Bonchev–Trinajstić information content (AvgIpc) is 2.77. The third-order valence-corrected chi connectivity index (χ3v) is 6.48. The minimum absolute atomic E-state index is 0.0680. The van der Waals surface area contributed by atoms with Gasteiger partial charge in [0.2, 0.25) is 0 Å². The summed E-state index contributed by atoms with van der Waals surface area (Å²) in [4.78, 5) is 26.4. The maximum Gasteiger partial charge on any atom is 0.253 e. The van der Waals surface area contributed by atoms with E-state index in [-0.39, 0.29) is 5.91 Å². The van der Waals surface area contributed by atoms with E-state index < -0.39 is 0 Å².